The monoisotopic (exact) mass is 352 g/mol. The summed E-state index contributed by atoms with van der Waals surface area (Å²) in [6, 6.07) is 4.33. The van der Waals surface area contributed by atoms with E-state index >= 15 is 0 Å². The van der Waals surface area contributed by atoms with E-state index in [-0.39, 0.29) is 4.47 Å². The van der Waals surface area contributed by atoms with E-state index in [2.05, 4.69) is 33.5 Å². The van der Waals surface area contributed by atoms with E-state index in [9.17, 15) is 13.2 Å². The molecule has 0 unspecified atom stereocenters. The van der Waals surface area contributed by atoms with E-state index in [0.29, 0.717) is 12.1 Å². The molecule has 0 aliphatic rings. The van der Waals surface area contributed by atoms with Gasteiger partial charge in [-0.3, -0.25) is 0 Å². The minimum atomic E-state index is -4.32. The molecule has 1 aromatic carbocycles. The molecule has 0 spiro atoms. The molecular formula is C14H20BrF3N2. The number of benzene rings is 1. The van der Waals surface area contributed by atoms with Crippen LogP contribution >= 0.6 is 15.9 Å². The Balaban J connectivity index is 2.38. The van der Waals surface area contributed by atoms with Crippen LogP contribution in [0.4, 0.5) is 13.2 Å². The lowest BCUT2D eigenvalue weighted by atomic mass is 10.1. The molecule has 0 radical (unpaired) electrons. The lowest BCUT2D eigenvalue weighted by Gasteiger charge is -2.12. The highest BCUT2D eigenvalue weighted by Crippen LogP contribution is 2.35. The van der Waals surface area contributed by atoms with E-state index in [1.165, 1.54) is 12.1 Å². The second-order valence-electron chi connectivity index (χ2n) is 4.59. The third kappa shape index (κ3) is 6.24. The SMILES string of the molecule is CCCNCCCNCc1ccc(Br)c(C(F)(F)F)c1. The van der Waals surface area contributed by atoms with Gasteiger partial charge in [-0.1, -0.05) is 28.9 Å². The standard InChI is InChI=1S/C14H20BrF3N2/c1-2-6-19-7-3-8-20-10-11-4-5-13(15)12(9-11)14(16,17)18/h4-5,9,19-20H,2-3,6-8,10H2,1H3. The van der Waals surface area contributed by atoms with Crippen molar-refractivity contribution < 1.29 is 13.2 Å². The fraction of sp³-hybridized carbons (Fsp3) is 0.571. The molecule has 0 saturated carbocycles. The van der Waals surface area contributed by atoms with Crippen LogP contribution in [-0.2, 0) is 12.7 Å². The highest BCUT2D eigenvalue weighted by atomic mass is 79.9. The summed E-state index contributed by atoms with van der Waals surface area (Å²) in [5.41, 5.74) is 0.0171. The van der Waals surface area contributed by atoms with Gasteiger partial charge in [-0.25, -0.2) is 0 Å². The number of alkyl halides is 3. The van der Waals surface area contributed by atoms with Crippen LogP contribution in [0.25, 0.3) is 0 Å². The molecule has 0 amide bonds. The fourth-order valence-corrected chi connectivity index (χ4v) is 2.24. The Morgan fingerprint density at radius 2 is 1.80 bits per heavy atom. The largest absolute Gasteiger partial charge is 0.417 e. The van der Waals surface area contributed by atoms with Crippen LogP contribution < -0.4 is 10.6 Å². The maximum atomic E-state index is 12.7. The van der Waals surface area contributed by atoms with Gasteiger partial charge in [-0.2, -0.15) is 13.2 Å². The first-order valence-electron chi connectivity index (χ1n) is 6.72. The molecule has 0 heterocycles. The maximum absolute atomic E-state index is 12.7. The topological polar surface area (TPSA) is 24.1 Å². The van der Waals surface area contributed by atoms with Gasteiger partial charge in [0.25, 0.3) is 0 Å². The first-order chi connectivity index (χ1) is 9.45. The molecule has 0 bridgehead atoms. The van der Waals surface area contributed by atoms with Crippen molar-refractivity contribution in [2.45, 2.75) is 32.5 Å². The zero-order valence-corrected chi connectivity index (χ0v) is 13.1. The smallest absolute Gasteiger partial charge is 0.317 e. The summed E-state index contributed by atoms with van der Waals surface area (Å²) < 4.78 is 38.3. The second-order valence-corrected chi connectivity index (χ2v) is 5.45. The van der Waals surface area contributed by atoms with Crippen LogP contribution in [0, 0.1) is 0 Å². The molecule has 20 heavy (non-hydrogen) atoms. The van der Waals surface area contributed by atoms with Gasteiger partial charge in [-0.15, -0.1) is 0 Å². The average molecular weight is 353 g/mol. The maximum Gasteiger partial charge on any atom is 0.417 e. The van der Waals surface area contributed by atoms with Gasteiger partial charge in [0, 0.05) is 11.0 Å². The van der Waals surface area contributed by atoms with Crippen LogP contribution in [0.2, 0.25) is 0 Å². The Hall–Kier alpha value is -0.590. The highest BCUT2D eigenvalue weighted by Gasteiger charge is 2.32. The molecule has 1 aromatic rings. The van der Waals surface area contributed by atoms with Crippen molar-refractivity contribution in [3.63, 3.8) is 0 Å². The van der Waals surface area contributed by atoms with Crippen LogP contribution in [0.3, 0.4) is 0 Å². The van der Waals surface area contributed by atoms with Crippen molar-refractivity contribution in [1.82, 2.24) is 10.6 Å². The van der Waals surface area contributed by atoms with Gasteiger partial charge in [-0.05, 0) is 50.2 Å². The third-order valence-corrected chi connectivity index (χ3v) is 3.49. The summed E-state index contributed by atoms with van der Waals surface area (Å²) in [7, 11) is 0. The molecule has 0 atom stereocenters. The molecule has 1 rings (SSSR count). The van der Waals surface area contributed by atoms with Gasteiger partial charge >= 0.3 is 6.18 Å². The highest BCUT2D eigenvalue weighted by molar-refractivity contribution is 9.10. The Morgan fingerprint density at radius 1 is 1.10 bits per heavy atom. The Labute approximate surface area is 126 Å². The summed E-state index contributed by atoms with van der Waals surface area (Å²) in [5, 5.41) is 6.43. The van der Waals surface area contributed by atoms with E-state index in [1.54, 1.807) is 6.07 Å². The summed E-state index contributed by atoms with van der Waals surface area (Å²) in [4.78, 5) is 0. The molecule has 0 aliphatic carbocycles. The molecule has 6 heteroatoms. The number of rotatable bonds is 8. The Bertz CT molecular complexity index is 408. The predicted octanol–water partition coefficient (Wildman–Crippen LogP) is 3.95. The lowest BCUT2D eigenvalue weighted by Crippen LogP contribution is -2.22. The summed E-state index contributed by atoms with van der Waals surface area (Å²) >= 11 is 2.93. The van der Waals surface area contributed by atoms with Gasteiger partial charge in [0.2, 0.25) is 0 Å². The van der Waals surface area contributed by atoms with Crippen molar-refractivity contribution in [1.29, 1.82) is 0 Å². The molecular weight excluding hydrogens is 333 g/mol. The van der Waals surface area contributed by atoms with Gasteiger partial charge < -0.3 is 10.6 Å². The number of hydrogen-bond donors (Lipinski definition) is 2. The average Bonchev–Trinajstić information content (AvgIpc) is 2.38. The number of hydrogen-bond acceptors (Lipinski definition) is 2. The van der Waals surface area contributed by atoms with E-state index in [0.717, 1.165) is 32.5 Å². The minimum Gasteiger partial charge on any atom is -0.317 e. The predicted molar refractivity (Wildman–Crippen MR) is 78.6 cm³/mol. The van der Waals surface area contributed by atoms with E-state index in [4.69, 9.17) is 0 Å². The Morgan fingerprint density at radius 3 is 2.45 bits per heavy atom. The van der Waals surface area contributed by atoms with Crippen molar-refractivity contribution in [2.24, 2.45) is 0 Å². The van der Waals surface area contributed by atoms with Crippen LogP contribution in [0.5, 0.6) is 0 Å². The van der Waals surface area contributed by atoms with Gasteiger partial charge in [0.05, 0.1) is 5.56 Å². The summed E-state index contributed by atoms with van der Waals surface area (Å²) in [6.07, 6.45) is -2.26. The van der Waals surface area contributed by atoms with Crippen molar-refractivity contribution in [2.75, 3.05) is 19.6 Å². The van der Waals surface area contributed by atoms with Crippen LogP contribution in [0.15, 0.2) is 22.7 Å². The van der Waals surface area contributed by atoms with Crippen LogP contribution in [0.1, 0.15) is 30.9 Å². The van der Waals surface area contributed by atoms with Gasteiger partial charge in [0.15, 0.2) is 0 Å². The first kappa shape index (κ1) is 17.5. The van der Waals surface area contributed by atoms with Crippen molar-refractivity contribution >= 4 is 15.9 Å². The molecule has 0 saturated heterocycles. The molecule has 0 aliphatic heterocycles. The third-order valence-electron chi connectivity index (χ3n) is 2.80. The second kappa shape index (κ2) is 8.64. The van der Waals surface area contributed by atoms with E-state index < -0.39 is 11.7 Å². The van der Waals surface area contributed by atoms with Crippen molar-refractivity contribution in [3.05, 3.63) is 33.8 Å². The summed E-state index contributed by atoms with van der Waals surface area (Å²) in [5.74, 6) is 0. The molecule has 0 fully saturated rings. The number of nitrogens with one attached hydrogen (secondary N) is 2. The molecule has 2 nitrogen and oxygen atoms in total. The first-order valence-corrected chi connectivity index (χ1v) is 7.51. The summed E-state index contributed by atoms with van der Waals surface area (Å²) in [6.45, 7) is 5.27. The normalized spacial score (nSPS) is 11.8. The van der Waals surface area contributed by atoms with E-state index in [1.807, 2.05) is 0 Å². The van der Waals surface area contributed by atoms with Crippen molar-refractivity contribution in [3.8, 4) is 0 Å². The zero-order chi connectivity index (χ0) is 15.0. The minimum absolute atomic E-state index is 0.0810. The van der Waals surface area contributed by atoms with Gasteiger partial charge in [0.1, 0.15) is 0 Å². The quantitative estimate of drug-likeness (QED) is 0.692. The molecule has 0 aromatic heterocycles. The lowest BCUT2D eigenvalue weighted by molar-refractivity contribution is -0.138. The number of halogens is 4. The molecule has 114 valence electrons. The molecule has 2 N–H and O–H groups in total. The zero-order valence-electron chi connectivity index (χ0n) is 11.5. The Kier molecular flexibility index (Phi) is 7.55. The van der Waals surface area contributed by atoms with Crippen LogP contribution in [-0.4, -0.2) is 19.6 Å². The fourth-order valence-electron chi connectivity index (χ4n) is 1.77.